The summed E-state index contributed by atoms with van der Waals surface area (Å²) in [6.45, 7) is 2.01. The van der Waals surface area contributed by atoms with Crippen molar-refractivity contribution in [1.82, 2.24) is 0 Å². The summed E-state index contributed by atoms with van der Waals surface area (Å²) in [5.41, 5.74) is 4.44. The molecular weight excluding hydrogens is 658 g/mol. The lowest BCUT2D eigenvalue weighted by molar-refractivity contribution is 0.103. The van der Waals surface area contributed by atoms with E-state index in [2.05, 4.69) is 0 Å². The van der Waals surface area contributed by atoms with Crippen LogP contribution in [0.25, 0.3) is 33.1 Å². The summed E-state index contributed by atoms with van der Waals surface area (Å²) in [7, 11) is -3.02. The molecule has 1 atom stereocenters. The van der Waals surface area contributed by atoms with Crippen molar-refractivity contribution in [3.8, 4) is 34.1 Å². The molecule has 8 nitrogen and oxygen atoms in total. The average Bonchev–Trinajstić information content (AvgIpc) is 3.28. The molecule has 0 aliphatic heterocycles. The van der Waals surface area contributed by atoms with Gasteiger partial charge in [-0.2, -0.15) is 0 Å². The number of hydrogen-bond donors (Lipinski definition) is 1. The third-order valence-corrected chi connectivity index (χ3v) is 9.57. The zero-order valence-corrected chi connectivity index (χ0v) is 28.3. The monoisotopic (exact) mass is 688 g/mol. The Morgan fingerprint density at radius 2 is 1.18 bits per heavy atom. The smallest absolute Gasteiger partial charge is 0.460 e. The van der Waals surface area contributed by atoms with Crippen LogP contribution in [0.3, 0.4) is 0 Å². The number of para-hydroxylation sites is 4. The fourth-order valence-corrected chi connectivity index (χ4v) is 7.19. The molecule has 7 aromatic rings. The summed E-state index contributed by atoms with van der Waals surface area (Å²) in [6, 6.07) is 42.1. The standard InChI is InChI=1S/C39H30O8P2/c1-26-13-3-4-14-28(26)29-15-5-9-19-34(29)43-48(41)44-38-25-27(42-2)23-24-33(38)39(40)32-18-8-12-22-37(32)47-49-45-35-20-10-6-16-30(35)31-17-7-11-21-36(31)46-49/h3-25,41H,1-2H3. The van der Waals surface area contributed by atoms with E-state index in [0.717, 1.165) is 27.5 Å². The highest BCUT2D eigenvalue weighted by Crippen LogP contribution is 2.44. The second-order valence-electron chi connectivity index (χ2n) is 10.9. The number of rotatable bonds is 10. The van der Waals surface area contributed by atoms with Crippen LogP contribution in [0.5, 0.6) is 23.0 Å². The van der Waals surface area contributed by atoms with Gasteiger partial charge in [0, 0.05) is 22.4 Å². The van der Waals surface area contributed by atoms with Crippen molar-refractivity contribution in [2.75, 3.05) is 7.11 Å². The molecule has 0 radical (unpaired) electrons. The van der Waals surface area contributed by atoms with Gasteiger partial charge in [0.15, 0.2) is 0 Å². The van der Waals surface area contributed by atoms with Crippen LogP contribution in [0.1, 0.15) is 21.5 Å². The fraction of sp³-hybridized carbons (Fsp3) is 0.0513. The summed E-state index contributed by atoms with van der Waals surface area (Å²) in [6.07, 6.45) is 0. The van der Waals surface area contributed by atoms with Crippen LogP contribution in [-0.4, -0.2) is 17.8 Å². The lowest BCUT2D eigenvalue weighted by Gasteiger charge is -2.18. The number of ether oxygens (including phenoxy) is 1. The van der Waals surface area contributed by atoms with E-state index in [1.165, 1.54) is 13.2 Å². The summed E-state index contributed by atoms with van der Waals surface area (Å²) < 4.78 is 36.1. The molecule has 0 bridgehead atoms. The summed E-state index contributed by atoms with van der Waals surface area (Å²) in [5, 5.41) is 1.75. The topological polar surface area (TPSA) is 101 Å². The number of carbonyl (C=O) groups is 1. The summed E-state index contributed by atoms with van der Waals surface area (Å²) in [4.78, 5) is 25.3. The molecule has 0 aliphatic carbocycles. The number of methoxy groups -OCH3 is 1. The van der Waals surface area contributed by atoms with Gasteiger partial charge in [0.05, 0.1) is 18.2 Å². The molecule has 244 valence electrons. The Labute approximate surface area is 284 Å². The molecule has 1 N–H and O–H groups in total. The number of hydrogen-bond acceptors (Lipinski definition) is 8. The Bertz CT molecular complexity index is 2280. The molecule has 1 heterocycles. The molecule has 7 rings (SSSR count). The van der Waals surface area contributed by atoms with Crippen LogP contribution < -0.4 is 18.3 Å². The lowest BCUT2D eigenvalue weighted by Crippen LogP contribution is -2.07. The Hall–Kier alpha value is -5.52. The molecule has 6 aromatic carbocycles. The Kier molecular flexibility index (Phi) is 9.36. The van der Waals surface area contributed by atoms with Gasteiger partial charge < -0.3 is 31.6 Å². The number of carbonyl (C=O) groups excluding carboxylic acids is 1. The van der Waals surface area contributed by atoms with Crippen molar-refractivity contribution < 1.29 is 36.4 Å². The molecule has 0 amide bonds. The third kappa shape index (κ3) is 6.89. The van der Waals surface area contributed by atoms with Crippen molar-refractivity contribution in [3.05, 3.63) is 156 Å². The van der Waals surface area contributed by atoms with E-state index in [1.54, 1.807) is 42.5 Å². The van der Waals surface area contributed by atoms with Crippen LogP contribution in [0, 0.1) is 6.92 Å². The highest BCUT2D eigenvalue weighted by molar-refractivity contribution is 7.41. The largest absolute Gasteiger partial charge is 0.497 e. The van der Waals surface area contributed by atoms with Gasteiger partial charge in [-0.1, -0.05) is 91.0 Å². The predicted octanol–water partition coefficient (Wildman–Crippen LogP) is 11.0. The van der Waals surface area contributed by atoms with E-state index < -0.39 is 22.6 Å². The Morgan fingerprint density at radius 1 is 0.633 bits per heavy atom. The number of fused-ring (bicyclic) bond motifs is 3. The first-order chi connectivity index (χ1) is 24.0. The summed E-state index contributed by atoms with van der Waals surface area (Å²) >= 11 is 0. The minimum Gasteiger partial charge on any atom is -0.497 e. The highest BCUT2D eigenvalue weighted by atomic mass is 31.2. The molecule has 0 fully saturated rings. The van der Waals surface area contributed by atoms with Crippen molar-refractivity contribution in [2.24, 2.45) is 0 Å². The molecule has 0 saturated carbocycles. The fourth-order valence-electron chi connectivity index (χ4n) is 5.44. The molecule has 0 aliphatic rings. The molecule has 10 heteroatoms. The molecule has 0 spiro atoms. The van der Waals surface area contributed by atoms with Crippen molar-refractivity contribution >= 4 is 44.6 Å². The summed E-state index contributed by atoms with van der Waals surface area (Å²) in [5.74, 6) is 0.792. The maximum absolute atomic E-state index is 14.2. The van der Waals surface area contributed by atoms with Crippen LogP contribution in [-0.2, 0) is 0 Å². The van der Waals surface area contributed by atoms with Crippen LogP contribution in [0.15, 0.2) is 148 Å². The molecule has 1 unspecified atom stereocenters. The quantitative estimate of drug-likeness (QED) is 0.112. The normalized spacial score (nSPS) is 11.6. The molecule has 1 aromatic heterocycles. The predicted molar refractivity (Wildman–Crippen MR) is 192 cm³/mol. The van der Waals surface area contributed by atoms with Gasteiger partial charge in [0.25, 0.3) is 0 Å². The van der Waals surface area contributed by atoms with E-state index in [-0.39, 0.29) is 22.6 Å². The first-order valence-electron chi connectivity index (χ1n) is 15.3. The van der Waals surface area contributed by atoms with Gasteiger partial charge in [-0.25, -0.2) is 0 Å². The van der Waals surface area contributed by atoms with Crippen LogP contribution >= 0.6 is 16.8 Å². The van der Waals surface area contributed by atoms with Gasteiger partial charge in [0.2, 0.25) is 5.78 Å². The van der Waals surface area contributed by atoms with Crippen LogP contribution in [0.2, 0.25) is 0 Å². The number of ketones is 1. The van der Waals surface area contributed by atoms with E-state index >= 15 is 0 Å². The van der Waals surface area contributed by atoms with E-state index in [0.29, 0.717) is 22.7 Å². The second-order valence-corrected chi connectivity index (χ2v) is 12.7. The lowest BCUT2D eigenvalue weighted by atomic mass is 10.00. The first-order valence-corrected chi connectivity index (χ1v) is 17.6. The van der Waals surface area contributed by atoms with Crippen molar-refractivity contribution in [3.63, 3.8) is 0 Å². The third-order valence-electron chi connectivity index (χ3n) is 7.82. The van der Waals surface area contributed by atoms with Crippen LogP contribution in [0.4, 0.5) is 0 Å². The van der Waals surface area contributed by atoms with Gasteiger partial charge in [-0.05, 0) is 60.5 Å². The zero-order valence-electron chi connectivity index (χ0n) is 26.5. The second kappa shape index (κ2) is 14.3. The average molecular weight is 689 g/mol. The van der Waals surface area contributed by atoms with Gasteiger partial charge in [-0.15, -0.1) is 0 Å². The first kappa shape index (κ1) is 32.0. The highest BCUT2D eigenvalue weighted by Gasteiger charge is 2.24. The SMILES string of the molecule is COc1ccc(C(=O)c2ccccc2Op2oc3ccccc3c3ccccc3o2)c(OP(O)Oc2ccccc2-c2ccccc2C)c1. The maximum Gasteiger partial charge on any atom is 0.460 e. The minimum atomic E-state index is -2.53. The van der Waals surface area contributed by atoms with Gasteiger partial charge in [-0.3, -0.25) is 4.79 Å². The zero-order chi connectivity index (χ0) is 33.7. The number of aryl methyl sites for hydroxylation is 1. The van der Waals surface area contributed by atoms with E-state index in [9.17, 15) is 9.69 Å². The van der Waals surface area contributed by atoms with E-state index in [4.69, 9.17) is 26.7 Å². The van der Waals surface area contributed by atoms with Gasteiger partial charge in [0.1, 0.15) is 34.2 Å². The van der Waals surface area contributed by atoms with Gasteiger partial charge >= 0.3 is 16.8 Å². The van der Waals surface area contributed by atoms with Crippen molar-refractivity contribution in [1.29, 1.82) is 0 Å². The Balaban J connectivity index is 1.21. The Morgan fingerprint density at radius 3 is 1.88 bits per heavy atom. The van der Waals surface area contributed by atoms with Crippen molar-refractivity contribution in [2.45, 2.75) is 6.92 Å². The molecular formula is C39H30O8P2. The number of benzene rings is 6. The minimum absolute atomic E-state index is 0.0803. The maximum atomic E-state index is 14.2. The van der Waals surface area contributed by atoms with E-state index in [1.807, 2.05) is 97.9 Å². The molecule has 0 saturated heterocycles. The molecule has 49 heavy (non-hydrogen) atoms.